The second-order valence-corrected chi connectivity index (χ2v) is 6.71. The van der Waals surface area contributed by atoms with E-state index in [2.05, 4.69) is 5.32 Å². The number of carbonyl (C=O) groups excluding carboxylic acids is 2. The Morgan fingerprint density at radius 2 is 2.17 bits per heavy atom. The Kier molecular flexibility index (Phi) is 5.11. The third-order valence-electron chi connectivity index (χ3n) is 4.45. The van der Waals surface area contributed by atoms with Gasteiger partial charge < -0.3 is 10.2 Å². The highest BCUT2D eigenvalue weighted by Gasteiger charge is 2.29. The molecule has 0 spiro atoms. The summed E-state index contributed by atoms with van der Waals surface area (Å²) in [4.78, 5) is 25.8. The van der Waals surface area contributed by atoms with Gasteiger partial charge in [0.05, 0.1) is 22.6 Å². The number of nitrogens with zero attached hydrogens (tertiary/aromatic N) is 2. The van der Waals surface area contributed by atoms with Crippen LogP contribution in [-0.4, -0.2) is 41.9 Å². The quantitative estimate of drug-likeness (QED) is 0.653. The number of allylic oxidation sites excluding steroid dienone is 1. The van der Waals surface area contributed by atoms with Crippen LogP contribution in [0, 0.1) is 0 Å². The average molecular weight is 347 g/mol. The molecular formula is C17H21N3O3S. The topological polar surface area (TPSA) is 61.9 Å². The summed E-state index contributed by atoms with van der Waals surface area (Å²) in [5.41, 5.74) is 3.20. The second kappa shape index (κ2) is 7.27. The van der Waals surface area contributed by atoms with Crippen LogP contribution in [0.4, 0.5) is 0 Å². The standard InChI is InChI=1S/C17H21N3O3S/c1-12-16(24-23-19(12)2)14-7-5-13(6-8-14)10-18-17(22)15-4-3-9-20(15)11-21/h5-8,11,15H,3-4,9-10H2,1-2H3,(H,18,22)/t15-/m0/s1. The monoisotopic (exact) mass is 347 g/mol. The van der Waals surface area contributed by atoms with Crippen molar-refractivity contribution in [2.45, 2.75) is 32.4 Å². The summed E-state index contributed by atoms with van der Waals surface area (Å²) < 4.78 is 5.40. The van der Waals surface area contributed by atoms with Crippen molar-refractivity contribution in [3.8, 4) is 0 Å². The lowest BCUT2D eigenvalue weighted by Crippen LogP contribution is -2.42. The van der Waals surface area contributed by atoms with Crippen LogP contribution < -0.4 is 5.32 Å². The maximum atomic E-state index is 12.2. The van der Waals surface area contributed by atoms with Gasteiger partial charge in [-0.25, -0.2) is 5.06 Å². The number of nitrogens with one attached hydrogen (secondary N) is 1. The van der Waals surface area contributed by atoms with Gasteiger partial charge in [-0.3, -0.25) is 9.59 Å². The van der Waals surface area contributed by atoms with Crippen LogP contribution in [0.15, 0.2) is 30.0 Å². The van der Waals surface area contributed by atoms with E-state index in [4.69, 9.17) is 4.28 Å². The summed E-state index contributed by atoms with van der Waals surface area (Å²) >= 11 is 1.35. The molecule has 2 amide bonds. The molecule has 1 saturated heterocycles. The molecule has 3 rings (SSSR count). The molecule has 0 saturated carbocycles. The van der Waals surface area contributed by atoms with E-state index in [0.29, 0.717) is 13.1 Å². The average Bonchev–Trinajstić information content (AvgIpc) is 3.21. The molecule has 2 aliphatic rings. The highest BCUT2D eigenvalue weighted by atomic mass is 32.2. The van der Waals surface area contributed by atoms with Crippen molar-refractivity contribution < 1.29 is 13.9 Å². The molecular weight excluding hydrogens is 326 g/mol. The molecule has 0 aromatic heterocycles. The molecule has 6 nitrogen and oxygen atoms in total. The lowest BCUT2D eigenvalue weighted by molar-refractivity contribution is -0.131. The van der Waals surface area contributed by atoms with E-state index < -0.39 is 0 Å². The van der Waals surface area contributed by atoms with Crippen LogP contribution in [0.25, 0.3) is 4.91 Å². The zero-order valence-electron chi connectivity index (χ0n) is 13.8. The summed E-state index contributed by atoms with van der Waals surface area (Å²) in [5, 5.41) is 4.66. The van der Waals surface area contributed by atoms with Gasteiger partial charge in [0.2, 0.25) is 12.3 Å². The van der Waals surface area contributed by atoms with Gasteiger partial charge in [0.1, 0.15) is 6.04 Å². The third kappa shape index (κ3) is 3.42. The number of carbonyl (C=O) groups is 2. The van der Waals surface area contributed by atoms with Crippen LogP contribution in [0.2, 0.25) is 0 Å². The smallest absolute Gasteiger partial charge is 0.243 e. The number of likely N-dealkylation sites (tertiary alicyclic amines) is 1. The first-order valence-electron chi connectivity index (χ1n) is 7.97. The molecule has 0 bridgehead atoms. The summed E-state index contributed by atoms with van der Waals surface area (Å²) in [5.74, 6) is -0.0800. The van der Waals surface area contributed by atoms with Gasteiger partial charge in [0, 0.05) is 20.1 Å². The Morgan fingerprint density at radius 3 is 2.79 bits per heavy atom. The predicted molar refractivity (Wildman–Crippen MR) is 93.1 cm³/mol. The van der Waals surface area contributed by atoms with E-state index >= 15 is 0 Å². The Balaban J connectivity index is 1.59. The highest BCUT2D eigenvalue weighted by Crippen LogP contribution is 2.39. The van der Waals surface area contributed by atoms with Crippen LogP contribution in [0.3, 0.4) is 0 Å². The van der Waals surface area contributed by atoms with Crippen molar-refractivity contribution in [2.75, 3.05) is 13.6 Å². The van der Waals surface area contributed by atoms with Crippen LogP contribution >= 0.6 is 12.0 Å². The summed E-state index contributed by atoms with van der Waals surface area (Å²) in [7, 11) is 1.88. The molecule has 1 aromatic carbocycles. The van der Waals surface area contributed by atoms with Crippen molar-refractivity contribution in [1.29, 1.82) is 0 Å². The molecule has 7 heteroatoms. The lowest BCUT2D eigenvalue weighted by atomic mass is 10.1. The molecule has 128 valence electrons. The SMILES string of the molecule is CC1=C(c2ccc(CNC(=O)[C@@H]3CCCN3C=O)cc2)SON1C. The molecule has 1 fully saturated rings. The minimum absolute atomic E-state index is 0.0800. The van der Waals surface area contributed by atoms with Crippen molar-refractivity contribution >= 4 is 29.3 Å². The van der Waals surface area contributed by atoms with E-state index in [9.17, 15) is 9.59 Å². The van der Waals surface area contributed by atoms with Crippen LogP contribution in [0.5, 0.6) is 0 Å². The minimum Gasteiger partial charge on any atom is -0.350 e. The fourth-order valence-corrected chi connectivity index (χ4v) is 3.67. The Morgan fingerprint density at radius 1 is 1.42 bits per heavy atom. The Hall–Kier alpha value is -1.99. The van der Waals surface area contributed by atoms with Gasteiger partial charge in [-0.05, 0) is 30.9 Å². The first kappa shape index (κ1) is 16.9. The van der Waals surface area contributed by atoms with E-state index in [1.807, 2.05) is 38.2 Å². The van der Waals surface area contributed by atoms with E-state index in [-0.39, 0.29) is 11.9 Å². The molecule has 0 aliphatic carbocycles. The molecule has 2 heterocycles. The third-order valence-corrected chi connectivity index (χ3v) is 5.44. The largest absolute Gasteiger partial charge is 0.350 e. The van der Waals surface area contributed by atoms with Crippen LogP contribution in [-0.2, 0) is 20.4 Å². The Bertz CT molecular complexity index is 660. The molecule has 1 atom stereocenters. The first-order chi connectivity index (χ1) is 11.6. The second-order valence-electron chi connectivity index (χ2n) is 5.99. The number of hydroxylamine groups is 2. The maximum absolute atomic E-state index is 12.2. The van der Waals surface area contributed by atoms with Gasteiger partial charge in [-0.1, -0.05) is 24.3 Å². The number of hydrogen-bond donors (Lipinski definition) is 1. The molecule has 1 N–H and O–H groups in total. The number of rotatable bonds is 5. The van der Waals surface area contributed by atoms with Crippen molar-refractivity contribution in [3.63, 3.8) is 0 Å². The Labute approximate surface area is 146 Å². The first-order valence-corrected chi connectivity index (χ1v) is 8.71. The number of benzene rings is 1. The molecule has 0 unspecified atom stereocenters. The van der Waals surface area contributed by atoms with Gasteiger partial charge >= 0.3 is 0 Å². The van der Waals surface area contributed by atoms with E-state index in [1.54, 1.807) is 9.96 Å². The summed E-state index contributed by atoms with van der Waals surface area (Å²) in [6.45, 7) is 3.15. The van der Waals surface area contributed by atoms with Crippen molar-refractivity contribution in [3.05, 3.63) is 41.1 Å². The van der Waals surface area contributed by atoms with Gasteiger partial charge in [-0.2, -0.15) is 4.28 Å². The highest BCUT2D eigenvalue weighted by molar-refractivity contribution is 8.04. The van der Waals surface area contributed by atoms with E-state index in [1.165, 1.54) is 12.0 Å². The fourth-order valence-electron chi connectivity index (χ4n) is 2.89. The zero-order chi connectivity index (χ0) is 17.1. The molecule has 1 aromatic rings. The molecule has 24 heavy (non-hydrogen) atoms. The molecule has 0 radical (unpaired) electrons. The lowest BCUT2D eigenvalue weighted by Gasteiger charge is -2.19. The van der Waals surface area contributed by atoms with E-state index in [0.717, 1.165) is 41.0 Å². The van der Waals surface area contributed by atoms with Crippen molar-refractivity contribution in [2.24, 2.45) is 0 Å². The van der Waals surface area contributed by atoms with Crippen LogP contribution in [0.1, 0.15) is 30.9 Å². The van der Waals surface area contributed by atoms with Gasteiger partial charge in [0.25, 0.3) is 0 Å². The van der Waals surface area contributed by atoms with Gasteiger partial charge in [0.15, 0.2) is 0 Å². The van der Waals surface area contributed by atoms with Gasteiger partial charge in [-0.15, -0.1) is 0 Å². The minimum atomic E-state index is -0.322. The fraction of sp³-hybridized carbons (Fsp3) is 0.412. The molecule has 2 aliphatic heterocycles. The summed E-state index contributed by atoms with van der Waals surface area (Å²) in [6, 6.07) is 7.74. The number of amides is 2. The van der Waals surface area contributed by atoms with Crippen molar-refractivity contribution in [1.82, 2.24) is 15.3 Å². The number of hydrogen-bond acceptors (Lipinski definition) is 5. The normalized spacial score (nSPS) is 20.7. The predicted octanol–water partition coefficient (Wildman–Crippen LogP) is 2.14. The summed E-state index contributed by atoms with van der Waals surface area (Å²) in [6.07, 6.45) is 2.39. The maximum Gasteiger partial charge on any atom is 0.243 e. The zero-order valence-corrected chi connectivity index (χ0v) is 14.6.